The Balaban J connectivity index is 1.88. The molecule has 0 bridgehead atoms. The van der Waals surface area contributed by atoms with Gasteiger partial charge in [0, 0.05) is 5.02 Å². The molecule has 2 aromatic rings. The number of nitrogens with one attached hydrogen (secondary N) is 1. The van der Waals surface area contributed by atoms with Crippen molar-refractivity contribution in [1.29, 1.82) is 0 Å². The third kappa shape index (κ3) is 4.12. The first-order valence-electron chi connectivity index (χ1n) is 6.32. The number of nitrogens with two attached hydrogens (primary N) is 1. The Bertz CT molecular complexity index is 645. The highest BCUT2D eigenvalue weighted by Crippen LogP contribution is 2.18. The molecule has 6 nitrogen and oxygen atoms in total. The zero-order valence-corrected chi connectivity index (χ0v) is 13.3. The van der Waals surface area contributed by atoms with Crippen LogP contribution in [0.5, 0.6) is 0 Å². The minimum Gasteiger partial charge on any atom is -0.349 e. The minimum absolute atomic E-state index is 0.104. The monoisotopic (exact) mass is 325 g/mol. The zero-order valence-electron chi connectivity index (χ0n) is 11.7. The summed E-state index contributed by atoms with van der Waals surface area (Å²) in [5, 5.41) is 11.8. The van der Waals surface area contributed by atoms with Gasteiger partial charge in [-0.2, -0.15) is 0 Å². The topological polar surface area (TPSA) is 85.8 Å². The summed E-state index contributed by atoms with van der Waals surface area (Å²) in [6.45, 7) is 3.65. The van der Waals surface area contributed by atoms with E-state index in [1.54, 1.807) is 13.0 Å². The molecule has 0 aliphatic carbocycles. The molecule has 21 heavy (non-hydrogen) atoms. The second-order valence-electron chi connectivity index (χ2n) is 4.53. The summed E-state index contributed by atoms with van der Waals surface area (Å²) >= 11 is 7.18. The van der Waals surface area contributed by atoms with E-state index < -0.39 is 0 Å². The summed E-state index contributed by atoms with van der Waals surface area (Å²) in [5.74, 6) is 6.44. The second-order valence-corrected chi connectivity index (χ2v) is 5.91. The van der Waals surface area contributed by atoms with Crippen LogP contribution in [0, 0.1) is 6.92 Å². The molecule has 0 radical (unpaired) electrons. The lowest BCUT2D eigenvalue weighted by Gasteiger charge is -2.14. The van der Waals surface area contributed by atoms with Gasteiger partial charge >= 0.3 is 0 Å². The number of amides is 1. The van der Waals surface area contributed by atoms with Crippen molar-refractivity contribution in [2.45, 2.75) is 25.0 Å². The average Bonchev–Trinajstić information content (AvgIpc) is 2.76. The quantitative estimate of drug-likeness (QED) is 0.648. The summed E-state index contributed by atoms with van der Waals surface area (Å²) < 4.78 is 1.36. The van der Waals surface area contributed by atoms with Gasteiger partial charge in [-0.3, -0.25) is 4.79 Å². The van der Waals surface area contributed by atoms with Gasteiger partial charge in [0.05, 0.1) is 11.8 Å². The summed E-state index contributed by atoms with van der Waals surface area (Å²) in [7, 11) is 0. The summed E-state index contributed by atoms with van der Waals surface area (Å²) in [6.07, 6.45) is 0. The lowest BCUT2D eigenvalue weighted by Crippen LogP contribution is -2.28. The minimum atomic E-state index is -0.116. The molecule has 1 aromatic carbocycles. The summed E-state index contributed by atoms with van der Waals surface area (Å²) in [6, 6.07) is 7.29. The molecular formula is C13H16ClN5OS. The molecule has 0 aliphatic rings. The van der Waals surface area contributed by atoms with E-state index in [0.717, 1.165) is 5.56 Å². The fourth-order valence-electron chi connectivity index (χ4n) is 1.72. The van der Waals surface area contributed by atoms with Crippen LogP contribution in [0.4, 0.5) is 0 Å². The number of benzene rings is 1. The normalized spacial score (nSPS) is 12.1. The van der Waals surface area contributed by atoms with Gasteiger partial charge < -0.3 is 11.2 Å². The zero-order chi connectivity index (χ0) is 15.4. The number of rotatable bonds is 5. The molecule has 0 aliphatic heterocycles. The van der Waals surface area contributed by atoms with E-state index in [-0.39, 0.29) is 17.7 Å². The van der Waals surface area contributed by atoms with Crippen molar-refractivity contribution in [3.05, 3.63) is 40.7 Å². The number of carbonyl (C=O) groups excluding carboxylic acids is 1. The summed E-state index contributed by atoms with van der Waals surface area (Å²) in [4.78, 5) is 11.9. The van der Waals surface area contributed by atoms with E-state index in [2.05, 4.69) is 15.5 Å². The van der Waals surface area contributed by atoms with Gasteiger partial charge in [-0.1, -0.05) is 35.5 Å². The van der Waals surface area contributed by atoms with Crippen LogP contribution in [0.3, 0.4) is 0 Å². The Morgan fingerprint density at radius 1 is 1.52 bits per heavy atom. The third-order valence-electron chi connectivity index (χ3n) is 2.89. The van der Waals surface area contributed by atoms with Crippen LogP contribution >= 0.6 is 23.4 Å². The van der Waals surface area contributed by atoms with E-state index in [4.69, 9.17) is 17.4 Å². The van der Waals surface area contributed by atoms with Crippen LogP contribution in [0.15, 0.2) is 29.4 Å². The van der Waals surface area contributed by atoms with Crippen molar-refractivity contribution in [1.82, 2.24) is 20.2 Å². The largest absolute Gasteiger partial charge is 0.349 e. The molecule has 8 heteroatoms. The SMILES string of the molecule is Cc1nnc(SCC(=O)N[C@@H](C)c2cccc(Cl)c2)n1N. The molecule has 0 unspecified atom stereocenters. The van der Waals surface area contributed by atoms with E-state index in [1.807, 2.05) is 25.1 Å². The molecule has 2 rings (SSSR count). The van der Waals surface area contributed by atoms with Gasteiger partial charge in [0.25, 0.3) is 0 Å². The van der Waals surface area contributed by atoms with Crippen LogP contribution in [0.1, 0.15) is 24.4 Å². The van der Waals surface area contributed by atoms with Gasteiger partial charge in [0.15, 0.2) is 0 Å². The molecule has 0 saturated carbocycles. The van der Waals surface area contributed by atoms with Crippen molar-refractivity contribution >= 4 is 29.3 Å². The van der Waals surface area contributed by atoms with Crippen molar-refractivity contribution in [2.24, 2.45) is 0 Å². The maximum atomic E-state index is 11.9. The molecule has 0 spiro atoms. The first-order chi connectivity index (χ1) is 9.97. The van der Waals surface area contributed by atoms with E-state index in [9.17, 15) is 4.79 Å². The lowest BCUT2D eigenvalue weighted by atomic mass is 10.1. The smallest absolute Gasteiger partial charge is 0.230 e. The number of thioether (sulfide) groups is 1. The number of aryl methyl sites for hydroxylation is 1. The fraction of sp³-hybridized carbons (Fsp3) is 0.308. The molecule has 3 N–H and O–H groups in total. The Morgan fingerprint density at radius 3 is 2.90 bits per heavy atom. The molecule has 1 aromatic heterocycles. The molecule has 1 atom stereocenters. The highest BCUT2D eigenvalue weighted by atomic mass is 35.5. The molecule has 1 heterocycles. The van der Waals surface area contributed by atoms with Gasteiger partial charge in [0.1, 0.15) is 5.82 Å². The lowest BCUT2D eigenvalue weighted by molar-refractivity contribution is -0.119. The predicted octanol–water partition coefficient (Wildman–Crippen LogP) is 1.92. The van der Waals surface area contributed by atoms with Gasteiger partial charge in [-0.05, 0) is 31.5 Å². The summed E-state index contributed by atoms with van der Waals surface area (Å²) in [5.41, 5.74) is 0.957. The predicted molar refractivity (Wildman–Crippen MR) is 83.6 cm³/mol. The van der Waals surface area contributed by atoms with Crippen molar-refractivity contribution < 1.29 is 4.79 Å². The van der Waals surface area contributed by atoms with E-state index in [1.165, 1.54) is 16.4 Å². The first-order valence-corrected chi connectivity index (χ1v) is 7.68. The average molecular weight is 326 g/mol. The molecular weight excluding hydrogens is 310 g/mol. The highest BCUT2D eigenvalue weighted by molar-refractivity contribution is 7.99. The van der Waals surface area contributed by atoms with Crippen LogP contribution in [-0.4, -0.2) is 26.5 Å². The number of hydrogen-bond acceptors (Lipinski definition) is 5. The molecule has 1 amide bonds. The maximum absolute atomic E-state index is 11.9. The van der Waals surface area contributed by atoms with Crippen molar-refractivity contribution in [3.8, 4) is 0 Å². The van der Waals surface area contributed by atoms with Crippen LogP contribution < -0.4 is 11.2 Å². The Labute approximate surface area is 132 Å². The van der Waals surface area contributed by atoms with E-state index in [0.29, 0.717) is 16.0 Å². The second kappa shape index (κ2) is 6.82. The number of carbonyl (C=O) groups is 1. The molecule has 0 saturated heterocycles. The fourth-order valence-corrected chi connectivity index (χ4v) is 2.63. The number of aromatic nitrogens is 3. The van der Waals surface area contributed by atoms with Gasteiger partial charge in [-0.25, -0.2) is 4.68 Å². The van der Waals surface area contributed by atoms with Crippen molar-refractivity contribution in [3.63, 3.8) is 0 Å². The highest BCUT2D eigenvalue weighted by Gasteiger charge is 2.13. The standard InChI is InChI=1S/C13H16ClN5OS/c1-8(10-4-3-5-11(14)6-10)16-12(20)7-21-13-18-17-9(2)19(13)15/h3-6,8H,7,15H2,1-2H3,(H,16,20)/t8-/m0/s1. The van der Waals surface area contributed by atoms with Crippen LogP contribution in [0.2, 0.25) is 5.02 Å². The number of nitrogen functional groups attached to an aromatic ring is 1. The maximum Gasteiger partial charge on any atom is 0.230 e. The Morgan fingerprint density at radius 2 is 2.29 bits per heavy atom. The Hall–Kier alpha value is -1.73. The number of hydrogen-bond donors (Lipinski definition) is 2. The molecule has 0 fully saturated rings. The van der Waals surface area contributed by atoms with Gasteiger partial charge in [-0.15, -0.1) is 10.2 Å². The third-order valence-corrected chi connectivity index (χ3v) is 4.07. The molecule has 112 valence electrons. The number of halogens is 1. The van der Waals surface area contributed by atoms with Crippen LogP contribution in [-0.2, 0) is 4.79 Å². The number of nitrogens with zero attached hydrogens (tertiary/aromatic N) is 3. The first kappa shape index (κ1) is 15.7. The van der Waals surface area contributed by atoms with Gasteiger partial charge in [0.2, 0.25) is 11.1 Å². The van der Waals surface area contributed by atoms with E-state index >= 15 is 0 Å². The van der Waals surface area contributed by atoms with Crippen LogP contribution in [0.25, 0.3) is 0 Å². The van der Waals surface area contributed by atoms with Crippen molar-refractivity contribution in [2.75, 3.05) is 11.6 Å². The Kier molecular flexibility index (Phi) is 5.08.